The van der Waals surface area contributed by atoms with Gasteiger partial charge in [-0.2, -0.15) is 9.50 Å². The van der Waals surface area contributed by atoms with E-state index in [1.807, 2.05) is 0 Å². The van der Waals surface area contributed by atoms with E-state index in [0.717, 1.165) is 0 Å². The number of halogens is 2. The van der Waals surface area contributed by atoms with Gasteiger partial charge in [0.15, 0.2) is 5.69 Å². The summed E-state index contributed by atoms with van der Waals surface area (Å²) in [5, 5.41) is 27.9. The van der Waals surface area contributed by atoms with E-state index in [-0.39, 0.29) is 35.2 Å². The van der Waals surface area contributed by atoms with Gasteiger partial charge in [-0.25, -0.2) is 0 Å². The van der Waals surface area contributed by atoms with Crippen LogP contribution in [0, 0.1) is 33.0 Å². The molecular formula is C8H8FIN4O4. The van der Waals surface area contributed by atoms with Crippen LogP contribution in [0.4, 0.5) is 21.5 Å². The van der Waals surface area contributed by atoms with Crippen molar-refractivity contribution in [1.82, 2.24) is 0 Å². The molecule has 1 aromatic rings. The van der Waals surface area contributed by atoms with E-state index in [0.29, 0.717) is 6.07 Å². The lowest BCUT2D eigenvalue weighted by Crippen LogP contribution is -1.99. The van der Waals surface area contributed by atoms with Crippen LogP contribution in [-0.2, 0) is 0 Å². The van der Waals surface area contributed by atoms with Crippen LogP contribution in [0.3, 0.4) is 0 Å². The molecule has 0 aliphatic carbocycles. The van der Waals surface area contributed by atoms with Gasteiger partial charge in [0.05, 0.1) is 15.9 Å². The summed E-state index contributed by atoms with van der Waals surface area (Å²) >= 11 is 0. The number of nitro benzene ring substituents is 2. The summed E-state index contributed by atoms with van der Waals surface area (Å²) in [6, 6.07) is 0.534. The fourth-order valence-corrected chi connectivity index (χ4v) is 1.25. The van der Waals surface area contributed by atoms with Crippen molar-refractivity contribution in [3.05, 3.63) is 37.7 Å². The molecule has 0 spiro atoms. The zero-order valence-corrected chi connectivity index (χ0v) is 11.6. The standard InChI is InChI=1S/C8H7FN4O4.HI/c1-4-7(9)5(12(14)15)3-6(13(16)17)8(4)11-10-2;/h3H,1-2H3;1H. The third kappa shape index (κ3) is 2.94. The number of rotatable bonds is 3. The van der Waals surface area contributed by atoms with Gasteiger partial charge in [-0.15, -0.1) is 29.1 Å². The molecule has 0 saturated heterocycles. The predicted molar refractivity (Wildman–Crippen MR) is 70.3 cm³/mol. The Hall–Kier alpha value is -1.72. The minimum atomic E-state index is -1.15. The maximum Gasteiger partial charge on any atom is 0.312 e. The second-order valence-corrected chi connectivity index (χ2v) is 3.02. The van der Waals surface area contributed by atoms with Crippen molar-refractivity contribution in [2.24, 2.45) is 10.2 Å². The van der Waals surface area contributed by atoms with Crippen LogP contribution in [-0.4, -0.2) is 16.9 Å². The van der Waals surface area contributed by atoms with Gasteiger partial charge in [-0.3, -0.25) is 20.2 Å². The van der Waals surface area contributed by atoms with Gasteiger partial charge in [0.2, 0.25) is 5.82 Å². The molecule has 0 aliphatic heterocycles. The summed E-state index contributed by atoms with van der Waals surface area (Å²) in [5.41, 5.74) is -2.21. The average Bonchev–Trinajstić information content (AvgIpc) is 2.24. The second kappa shape index (κ2) is 6.28. The van der Waals surface area contributed by atoms with Crippen molar-refractivity contribution >= 4 is 41.0 Å². The minimum absolute atomic E-state index is 0. The molecule has 0 saturated carbocycles. The molecule has 1 rings (SSSR count). The van der Waals surface area contributed by atoms with E-state index in [1.165, 1.54) is 14.0 Å². The Morgan fingerprint density at radius 3 is 2.11 bits per heavy atom. The van der Waals surface area contributed by atoms with Crippen molar-refractivity contribution in [1.29, 1.82) is 0 Å². The number of hydrogen-bond acceptors (Lipinski definition) is 6. The number of benzene rings is 1. The average molecular weight is 370 g/mol. The zero-order chi connectivity index (χ0) is 13.2. The van der Waals surface area contributed by atoms with Crippen LogP contribution in [0.2, 0.25) is 0 Å². The van der Waals surface area contributed by atoms with E-state index in [2.05, 4.69) is 10.2 Å². The van der Waals surface area contributed by atoms with Crippen LogP contribution in [0.5, 0.6) is 0 Å². The lowest BCUT2D eigenvalue weighted by molar-refractivity contribution is -0.395. The predicted octanol–water partition coefficient (Wildman–Crippen LogP) is 3.28. The molecule has 0 radical (unpaired) electrons. The van der Waals surface area contributed by atoms with Gasteiger partial charge in [0, 0.05) is 12.6 Å². The quantitative estimate of drug-likeness (QED) is 0.352. The Morgan fingerprint density at radius 1 is 1.22 bits per heavy atom. The summed E-state index contributed by atoms with van der Waals surface area (Å²) in [4.78, 5) is 19.3. The second-order valence-electron chi connectivity index (χ2n) is 3.02. The Balaban J connectivity index is 0.00000289. The highest BCUT2D eigenvalue weighted by Gasteiger charge is 2.28. The van der Waals surface area contributed by atoms with Crippen LogP contribution in [0.1, 0.15) is 5.56 Å². The molecule has 0 unspecified atom stereocenters. The monoisotopic (exact) mass is 370 g/mol. The van der Waals surface area contributed by atoms with Crippen LogP contribution in [0.25, 0.3) is 0 Å². The van der Waals surface area contributed by atoms with Crippen molar-refractivity contribution in [2.75, 3.05) is 7.05 Å². The summed E-state index contributed by atoms with van der Waals surface area (Å²) in [7, 11) is 1.25. The summed E-state index contributed by atoms with van der Waals surface area (Å²) in [6.45, 7) is 1.17. The number of nitrogens with zero attached hydrogens (tertiary/aromatic N) is 4. The van der Waals surface area contributed by atoms with Gasteiger partial charge < -0.3 is 0 Å². The Kier molecular flexibility index (Phi) is 5.68. The molecule has 1 aromatic carbocycles. The molecule has 0 fully saturated rings. The number of azo groups is 1. The molecule has 0 atom stereocenters. The van der Waals surface area contributed by atoms with Gasteiger partial charge in [0.1, 0.15) is 0 Å². The molecule has 0 bridgehead atoms. The first-order valence-corrected chi connectivity index (χ1v) is 4.31. The van der Waals surface area contributed by atoms with Gasteiger partial charge >= 0.3 is 11.4 Å². The van der Waals surface area contributed by atoms with Crippen LogP contribution < -0.4 is 0 Å². The molecule has 10 heteroatoms. The molecule has 0 amide bonds. The first-order valence-electron chi connectivity index (χ1n) is 4.31. The third-order valence-corrected chi connectivity index (χ3v) is 2.02. The maximum absolute atomic E-state index is 13.5. The number of hydrogen-bond donors (Lipinski definition) is 0. The van der Waals surface area contributed by atoms with E-state index < -0.39 is 27.0 Å². The van der Waals surface area contributed by atoms with Crippen LogP contribution >= 0.6 is 24.0 Å². The Labute approximate surface area is 117 Å². The van der Waals surface area contributed by atoms with Gasteiger partial charge in [0.25, 0.3) is 0 Å². The molecule has 98 valence electrons. The normalized spacial score (nSPS) is 10.2. The van der Waals surface area contributed by atoms with Gasteiger partial charge in [-0.1, -0.05) is 0 Å². The Bertz CT molecular complexity index is 534. The fraction of sp³-hybridized carbons (Fsp3) is 0.250. The molecule has 0 heterocycles. The van der Waals surface area contributed by atoms with Gasteiger partial charge in [-0.05, 0) is 6.92 Å². The molecule has 0 aromatic heterocycles. The number of nitro groups is 2. The highest BCUT2D eigenvalue weighted by Crippen LogP contribution is 2.37. The molecule has 0 aliphatic rings. The lowest BCUT2D eigenvalue weighted by Gasteiger charge is -2.02. The van der Waals surface area contributed by atoms with Crippen LogP contribution in [0.15, 0.2) is 16.3 Å². The van der Waals surface area contributed by atoms with E-state index in [4.69, 9.17) is 0 Å². The lowest BCUT2D eigenvalue weighted by atomic mass is 10.1. The molecule has 18 heavy (non-hydrogen) atoms. The zero-order valence-electron chi connectivity index (χ0n) is 9.29. The van der Waals surface area contributed by atoms with E-state index in [9.17, 15) is 24.6 Å². The fourth-order valence-electron chi connectivity index (χ4n) is 1.25. The summed E-state index contributed by atoms with van der Waals surface area (Å²) in [5.74, 6) is -1.15. The topological polar surface area (TPSA) is 111 Å². The van der Waals surface area contributed by atoms with E-state index >= 15 is 0 Å². The first kappa shape index (κ1) is 16.3. The van der Waals surface area contributed by atoms with Crippen molar-refractivity contribution in [3.63, 3.8) is 0 Å². The largest absolute Gasteiger partial charge is 0.312 e. The SMILES string of the molecule is CN=Nc1c([N+](=O)[O-])cc([N+](=O)[O-])c(F)c1C.I. The summed E-state index contributed by atoms with van der Waals surface area (Å²) in [6.07, 6.45) is 0. The molecule has 0 N–H and O–H groups in total. The smallest absolute Gasteiger partial charge is 0.258 e. The Morgan fingerprint density at radius 2 is 1.72 bits per heavy atom. The van der Waals surface area contributed by atoms with Crippen molar-refractivity contribution in [3.8, 4) is 0 Å². The van der Waals surface area contributed by atoms with E-state index in [1.54, 1.807) is 0 Å². The highest BCUT2D eigenvalue weighted by molar-refractivity contribution is 14.0. The minimum Gasteiger partial charge on any atom is -0.258 e. The molecular weight excluding hydrogens is 362 g/mol. The molecule has 8 nitrogen and oxygen atoms in total. The van der Waals surface area contributed by atoms with Crippen molar-refractivity contribution < 1.29 is 14.2 Å². The summed E-state index contributed by atoms with van der Waals surface area (Å²) < 4.78 is 13.5. The first-order chi connectivity index (χ1) is 7.90. The van der Waals surface area contributed by atoms with Crippen molar-refractivity contribution in [2.45, 2.75) is 6.92 Å². The highest BCUT2D eigenvalue weighted by atomic mass is 127. The third-order valence-electron chi connectivity index (χ3n) is 2.02. The maximum atomic E-state index is 13.5.